The van der Waals surface area contributed by atoms with Gasteiger partial charge in [0.1, 0.15) is 56.9 Å². The Labute approximate surface area is 722 Å². The molecule has 0 N–H and O–H groups in total. The number of hydrogen-bond donors (Lipinski definition) is 0. The van der Waals surface area contributed by atoms with Crippen molar-refractivity contribution in [3.8, 4) is 74.1 Å². The third kappa shape index (κ3) is 14.3. The van der Waals surface area contributed by atoms with Crippen molar-refractivity contribution in [3.05, 3.63) is 269 Å². The monoisotopic (exact) mass is 1710 g/mol. The zero-order valence-electron chi connectivity index (χ0n) is 70.3. The highest BCUT2D eigenvalue weighted by molar-refractivity contribution is 7.92. The van der Waals surface area contributed by atoms with E-state index >= 15 is 0 Å². The Balaban J connectivity index is 0.000000113. The van der Waals surface area contributed by atoms with E-state index in [1.54, 1.807) is 67.0 Å². The maximum absolute atomic E-state index is 13.5. The second kappa shape index (κ2) is 32.0. The maximum atomic E-state index is 13.5. The van der Waals surface area contributed by atoms with Crippen molar-refractivity contribution < 1.29 is 60.4 Å². The fourth-order valence-corrected chi connectivity index (χ4v) is 20.2. The molecule has 0 saturated carbocycles. The number of benzene rings is 7. The van der Waals surface area contributed by atoms with Gasteiger partial charge in [-0.3, -0.25) is 37.9 Å². The quantitative estimate of drug-likeness (QED) is 0.144. The molecule has 0 radical (unpaired) electrons. The number of rotatable bonds is 7. The van der Waals surface area contributed by atoms with Gasteiger partial charge in [0.15, 0.2) is 15.4 Å². The predicted octanol–water partition coefficient (Wildman–Crippen LogP) is 15.5. The lowest BCUT2D eigenvalue weighted by molar-refractivity contribution is -0.00946. The minimum Gasteiger partial charge on any atom is -0.496 e. The van der Waals surface area contributed by atoms with Crippen LogP contribution in [0.3, 0.4) is 0 Å². The van der Waals surface area contributed by atoms with Crippen LogP contribution in [-0.4, -0.2) is 172 Å². The normalized spacial score (nSPS) is 16.8. The lowest BCUT2D eigenvalue weighted by Gasteiger charge is -2.45. The molecule has 4 amide bonds. The molecular formula is C95H94ClFN14O12S. The average Bonchev–Trinajstić information content (AvgIpc) is 1.52. The molecule has 0 unspecified atom stereocenters. The number of methoxy groups -OCH3 is 2. The SMILES string of the molecule is COc1cc(F)ccc1C(=O)N1CCC2(CC1)Oc1cc(Cl)ccc1-n1cccc12.COc1ncccc1C(=O)N1CCC2(CC1)Oc1ccccc1-c1c2cnn1C.Cn1ncc2c1-c1ccccc1OC21CCN(C(=O)c2ccc(S(=O)(=O)C(C)(C)C)cc2)CC1.Cn1ncc2c1-c1ccccc1OC21CCN(C(=O)c2cccc3cnn(C)c23)CC1. The molecule has 0 bridgehead atoms. The minimum absolute atomic E-state index is 0.0478. The van der Waals surface area contributed by atoms with Gasteiger partial charge in [-0.25, -0.2) is 17.8 Å². The molecule has 4 saturated heterocycles. The van der Waals surface area contributed by atoms with Crippen molar-refractivity contribution in [2.75, 3.05) is 66.6 Å². The molecule has 26 nitrogen and oxygen atoms in total. The van der Waals surface area contributed by atoms with Gasteiger partial charge in [-0.2, -0.15) is 20.4 Å². The lowest BCUT2D eigenvalue weighted by atomic mass is 9.81. The summed E-state index contributed by atoms with van der Waals surface area (Å²) in [5, 5.41) is 19.5. The Bertz CT molecular complexity index is 6450. The summed E-state index contributed by atoms with van der Waals surface area (Å²) in [6.45, 7) is 9.56. The molecule has 21 rings (SSSR count). The number of pyridine rings is 1. The summed E-state index contributed by atoms with van der Waals surface area (Å²) in [6, 6.07) is 53.5. The first-order valence-corrected chi connectivity index (χ1v) is 43.4. The lowest BCUT2D eigenvalue weighted by Crippen LogP contribution is -2.50. The molecule has 29 heteroatoms. The summed E-state index contributed by atoms with van der Waals surface area (Å²) in [5.74, 6) is 3.22. The van der Waals surface area contributed by atoms with Crippen LogP contribution in [0.25, 0.3) is 50.4 Å². The van der Waals surface area contributed by atoms with Crippen molar-refractivity contribution in [3.63, 3.8) is 0 Å². The molecular weight excluding hydrogens is 1620 g/mol. The third-order valence-corrected chi connectivity index (χ3v) is 28.3. The molecule has 4 spiro atoms. The maximum Gasteiger partial charge on any atom is 0.259 e. The number of fused-ring (bicyclic) bond motifs is 17. The van der Waals surface area contributed by atoms with Gasteiger partial charge in [0, 0.05) is 206 Å². The van der Waals surface area contributed by atoms with Crippen LogP contribution >= 0.6 is 11.6 Å². The molecule has 0 atom stereocenters. The van der Waals surface area contributed by atoms with E-state index in [1.165, 1.54) is 44.6 Å². The first-order chi connectivity index (χ1) is 59.7. The Morgan fingerprint density at radius 3 is 1.40 bits per heavy atom. The fourth-order valence-electron chi connectivity index (χ4n) is 18.9. The van der Waals surface area contributed by atoms with Gasteiger partial charge < -0.3 is 52.6 Å². The van der Waals surface area contributed by atoms with E-state index in [0.29, 0.717) is 124 Å². The molecule has 8 aliphatic rings. The Morgan fingerprint density at radius 1 is 0.452 bits per heavy atom. The number of hydrogen-bond acceptors (Lipinski definition) is 17. The summed E-state index contributed by atoms with van der Waals surface area (Å²) in [7, 11) is 7.25. The van der Waals surface area contributed by atoms with E-state index in [4.69, 9.17) is 40.0 Å². The van der Waals surface area contributed by atoms with Gasteiger partial charge in [0.2, 0.25) is 5.88 Å². The molecule has 124 heavy (non-hydrogen) atoms. The Kier molecular flexibility index (Phi) is 21.1. The van der Waals surface area contributed by atoms with E-state index in [0.717, 1.165) is 109 Å². The summed E-state index contributed by atoms with van der Waals surface area (Å²) in [5.41, 5.74) is 12.7. The predicted molar refractivity (Wildman–Crippen MR) is 464 cm³/mol. The van der Waals surface area contributed by atoms with Crippen LogP contribution in [0.1, 0.15) is 136 Å². The largest absolute Gasteiger partial charge is 0.496 e. The number of sulfone groups is 1. The number of amides is 4. The van der Waals surface area contributed by atoms with Gasteiger partial charge in [0.05, 0.1) is 93.8 Å². The molecule has 7 aromatic carbocycles. The zero-order valence-corrected chi connectivity index (χ0v) is 71.9. The second-order valence-electron chi connectivity index (χ2n) is 33.6. The van der Waals surface area contributed by atoms with Crippen LogP contribution in [-0.2, 0) is 60.4 Å². The van der Waals surface area contributed by atoms with E-state index in [-0.39, 0.29) is 34.3 Å². The number of aromatic nitrogens is 10. The van der Waals surface area contributed by atoms with Gasteiger partial charge in [-0.05, 0) is 136 Å². The molecule has 0 aliphatic carbocycles. The number of halogens is 2. The second-order valence-corrected chi connectivity index (χ2v) is 36.7. The van der Waals surface area contributed by atoms with E-state index in [9.17, 15) is 32.0 Å². The van der Waals surface area contributed by atoms with Crippen LogP contribution in [0.15, 0.2) is 218 Å². The summed E-state index contributed by atoms with van der Waals surface area (Å²) in [6.07, 6.45) is 16.6. The highest BCUT2D eigenvalue weighted by Gasteiger charge is 2.51. The fraction of sp³-hybridized carbons (Fsp3) is 0.316. The summed E-state index contributed by atoms with van der Waals surface area (Å²) >= 11 is 6.20. The first-order valence-electron chi connectivity index (χ1n) is 41.6. The highest BCUT2D eigenvalue weighted by atomic mass is 35.5. The third-order valence-electron chi connectivity index (χ3n) is 25.6. The number of para-hydroxylation sites is 4. The van der Waals surface area contributed by atoms with E-state index in [1.807, 2.05) is 185 Å². The number of likely N-dealkylation sites (tertiary alicyclic amines) is 4. The number of carbonyl (C=O) groups is 4. The van der Waals surface area contributed by atoms with Gasteiger partial charge in [0.25, 0.3) is 23.6 Å². The van der Waals surface area contributed by atoms with Crippen LogP contribution in [0.2, 0.25) is 5.02 Å². The molecule has 6 aromatic heterocycles. The number of ether oxygens (including phenoxy) is 6. The standard InChI is InChI=1S/C26H29N3O4S.C24H23N5O2.C23H20ClFN2O3.C22H22N4O3/c1-25(2,3)34(31,32)19-11-9-18(10-12-19)24(30)29-15-13-26(14-16-29)21-17-27-28(4)23(21)20-7-5-6-8-22(20)33-26;1-27-21-16(14-25-27)6-5-8-18(21)23(30)29-12-10-24(11-13-29)19-15-26-28(2)22(19)17-7-3-4-9-20(17)31-24;1-29-19-14-16(25)5-6-17(19)22(28)26-11-8-23(9-12-26)21-3-2-10-27(21)18-7-4-15(24)13-20(18)30-23;1-25-19-15-6-3-4-8-18(15)29-22(17(19)14-24-25)9-12-26(13-10-22)21(27)16-7-5-11-23-20(16)28-2/h5-12,17H,13-16H2,1-4H3;3-9,14-15H,10-13H2,1-2H3;2-7,10,13-14H,8-9,11-12H2,1H3;3-8,11,14H,9-10,12-13H2,1-2H3. The van der Waals surface area contributed by atoms with E-state index < -0.39 is 42.8 Å². The average molecular weight is 1710 g/mol. The van der Waals surface area contributed by atoms with Gasteiger partial charge >= 0.3 is 0 Å². The van der Waals surface area contributed by atoms with Crippen LogP contribution in [0, 0.1) is 5.82 Å². The summed E-state index contributed by atoms with van der Waals surface area (Å²) < 4.78 is 84.3. The van der Waals surface area contributed by atoms with Crippen molar-refractivity contribution in [1.82, 2.24) is 68.3 Å². The van der Waals surface area contributed by atoms with E-state index in [2.05, 4.69) is 48.1 Å². The molecule has 636 valence electrons. The number of piperidine rings is 4. The van der Waals surface area contributed by atoms with Crippen molar-refractivity contribution in [2.45, 2.75) is 104 Å². The highest BCUT2D eigenvalue weighted by Crippen LogP contribution is 2.54. The zero-order chi connectivity index (χ0) is 86.4. The van der Waals surface area contributed by atoms with Gasteiger partial charge in [-0.1, -0.05) is 60.1 Å². The Hall–Kier alpha value is -13.1. The Morgan fingerprint density at radius 2 is 0.903 bits per heavy atom. The smallest absolute Gasteiger partial charge is 0.259 e. The van der Waals surface area contributed by atoms with Crippen LogP contribution < -0.4 is 28.4 Å². The van der Waals surface area contributed by atoms with Gasteiger partial charge in [-0.15, -0.1) is 0 Å². The minimum atomic E-state index is -3.46. The van der Waals surface area contributed by atoms with Crippen molar-refractivity contribution in [1.29, 1.82) is 0 Å². The van der Waals surface area contributed by atoms with Crippen LogP contribution in [0.4, 0.5) is 4.39 Å². The number of nitrogens with zero attached hydrogens (tertiary/aromatic N) is 14. The van der Waals surface area contributed by atoms with Crippen LogP contribution in [0.5, 0.6) is 34.6 Å². The topological polar surface area (TPSA) is 260 Å². The molecule has 4 fully saturated rings. The molecule has 14 heterocycles. The molecule has 8 aliphatic heterocycles. The summed E-state index contributed by atoms with van der Waals surface area (Å²) in [4.78, 5) is 64.5. The number of carbonyl (C=O) groups excluding carboxylic acids is 4. The number of aryl methyl sites for hydroxylation is 4. The van der Waals surface area contributed by atoms with Crippen molar-refractivity contribution in [2.24, 2.45) is 28.2 Å². The van der Waals surface area contributed by atoms with Crippen molar-refractivity contribution >= 4 is 56.0 Å². The molecule has 13 aromatic rings. The first kappa shape index (κ1) is 81.9.